The van der Waals surface area contributed by atoms with Crippen LogP contribution in [0, 0.1) is 0 Å². The van der Waals surface area contributed by atoms with Crippen molar-refractivity contribution in [3.8, 4) is 0 Å². The lowest BCUT2D eigenvalue weighted by atomic mass is 9.99. The van der Waals surface area contributed by atoms with Crippen LogP contribution in [0.1, 0.15) is 30.7 Å². The largest absolute Gasteiger partial charge is 0.300 e. The molecule has 1 saturated heterocycles. The maximum atomic E-state index is 3.55. The van der Waals surface area contributed by atoms with Crippen molar-refractivity contribution < 1.29 is 0 Å². The van der Waals surface area contributed by atoms with Crippen LogP contribution in [0.4, 0.5) is 0 Å². The Labute approximate surface area is 99.6 Å². The number of likely N-dealkylation sites (tertiary alicyclic amines) is 1. The smallest absolute Gasteiger partial charge is 0.0178 e. The summed E-state index contributed by atoms with van der Waals surface area (Å²) in [5, 5.41) is 0. The molecule has 1 aromatic rings. The molecule has 1 aliphatic heterocycles. The molecule has 2 heteroatoms. The van der Waals surface area contributed by atoms with Crippen LogP contribution in [-0.4, -0.2) is 24.0 Å². The molecule has 0 aromatic heterocycles. The fourth-order valence-electron chi connectivity index (χ4n) is 2.59. The third kappa shape index (κ3) is 2.11. The van der Waals surface area contributed by atoms with Gasteiger partial charge in [-0.05, 0) is 49.4 Å². The van der Waals surface area contributed by atoms with Gasteiger partial charge in [0.2, 0.25) is 0 Å². The molecule has 1 heterocycles. The van der Waals surface area contributed by atoms with Crippen LogP contribution in [0.3, 0.4) is 0 Å². The van der Waals surface area contributed by atoms with Gasteiger partial charge < -0.3 is 0 Å². The van der Waals surface area contributed by atoms with Gasteiger partial charge in [0, 0.05) is 17.1 Å². The summed E-state index contributed by atoms with van der Waals surface area (Å²) < 4.78 is 1.21. The molecule has 0 spiro atoms. The first-order valence-corrected chi connectivity index (χ1v) is 6.62. The molecule has 0 amide bonds. The average molecular weight is 266 g/mol. The number of hydrogen-bond donors (Lipinski definition) is 0. The molecule has 3 rings (SSSR count). The van der Waals surface area contributed by atoms with Crippen LogP contribution >= 0.6 is 15.9 Å². The van der Waals surface area contributed by atoms with E-state index in [-0.39, 0.29) is 0 Å². The van der Waals surface area contributed by atoms with E-state index in [1.54, 1.807) is 0 Å². The van der Waals surface area contributed by atoms with Crippen LogP contribution < -0.4 is 0 Å². The second-order valence-corrected chi connectivity index (χ2v) is 5.68. The van der Waals surface area contributed by atoms with Crippen molar-refractivity contribution in [3.05, 3.63) is 34.3 Å². The molecule has 15 heavy (non-hydrogen) atoms. The lowest BCUT2D eigenvalue weighted by Gasteiger charge is -2.15. The number of hydrogen-bond acceptors (Lipinski definition) is 1. The minimum absolute atomic E-state index is 0.767. The minimum atomic E-state index is 0.767. The maximum absolute atomic E-state index is 3.55. The van der Waals surface area contributed by atoms with Crippen molar-refractivity contribution in [3.63, 3.8) is 0 Å². The molecule has 2 aliphatic rings. The lowest BCUT2D eigenvalue weighted by molar-refractivity contribution is 0.324. The van der Waals surface area contributed by atoms with Gasteiger partial charge in [0.1, 0.15) is 0 Å². The highest BCUT2D eigenvalue weighted by Crippen LogP contribution is 2.35. The Morgan fingerprint density at radius 1 is 1.20 bits per heavy atom. The van der Waals surface area contributed by atoms with Crippen molar-refractivity contribution in [1.29, 1.82) is 0 Å². The third-order valence-corrected chi connectivity index (χ3v) is 4.10. The first-order valence-electron chi connectivity index (χ1n) is 5.82. The van der Waals surface area contributed by atoms with Gasteiger partial charge in [0.15, 0.2) is 0 Å². The Morgan fingerprint density at radius 3 is 2.80 bits per heavy atom. The normalized spacial score (nSPS) is 27.1. The topological polar surface area (TPSA) is 3.24 Å². The molecular weight excluding hydrogens is 250 g/mol. The zero-order valence-electron chi connectivity index (χ0n) is 8.82. The number of rotatable bonds is 2. The summed E-state index contributed by atoms with van der Waals surface area (Å²) in [6, 6.07) is 9.74. The summed E-state index contributed by atoms with van der Waals surface area (Å²) in [5.41, 5.74) is 1.51. The van der Waals surface area contributed by atoms with E-state index in [2.05, 4.69) is 45.1 Å². The number of nitrogens with zero attached hydrogens (tertiary/aromatic N) is 1. The number of halogens is 1. The van der Waals surface area contributed by atoms with Gasteiger partial charge in [-0.3, -0.25) is 4.90 Å². The minimum Gasteiger partial charge on any atom is -0.300 e. The zero-order chi connectivity index (χ0) is 10.3. The maximum Gasteiger partial charge on any atom is 0.0178 e. The van der Waals surface area contributed by atoms with E-state index in [0.717, 1.165) is 12.0 Å². The molecule has 80 valence electrons. The van der Waals surface area contributed by atoms with Gasteiger partial charge in [0.05, 0.1) is 0 Å². The molecule has 1 aromatic carbocycles. The molecule has 2 fully saturated rings. The van der Waals surface area contributed by atoms with Crippen LogP contribution in [-0.2, 0) is 0 Å². The van der Waals surface area contributed by atoms with Crippen molar-refractivity contribution in [2.45, 2.75) is 31.2 Å². The molecular formula is C13H16BrN. The fraction of sp³-hybridized carbons (Fsp3) is 0.538. The highest BCUT2D eigenvalue weighted by atomic mass is 79.9. The SMILES string of the molecule is Brc1cccc(C2CCN(C3CC3)C2)c1. The van der Waals surface area contributed by atoms with Gasteiger partial charge in [-0.15, -0.1) is 0 Å². The first-order chi connectivity index (χ1) is 7.33. The van der Waals surface area contributed by atoms with Gasteiger partial charge in [0.25, 0.3) is 0 Å². The van der Waals surface area contributed by atoms with Gasteiger partial charge in [-0.2, -0.15) is 0 Å². The van der Waals surface area contributed by atoms with Gasteiger partial charge in [-0.25, -0.2) is 0 Å². The van der Waals surface area contributed by atoms with E-state index >= 15 is 0 Å². The predicted molar refractivity (Wildman–Crippen MR) is 66.1 cm³/mol. The first kappa shape index (κ1) is 9.86. The Morgan fingerprint density at radius 2 is 2.07 bits per heavy atom. The van der Waals surface area contributed by atoms with Crippen LogP contribution in [0.5, 0.6) is 0 Å². The molecule has 1 aliphatic carbocycles. The van der Waals surface area contributed by atoms with Gasteiger partial charge >= 0.3 is 0 Å². The van der Waals surface area contributed by atoms with E-state index in [9.17, 15) is 0 Å². The van der Waals surface area contributed by atoms with Gasteiger partial charge in [-0.1, -0.05) is 28.1 Å². The van der Waals surface area contributed by atoms with E-state index in [0.29, 0.717) is 0 Å². The zero-order valence-corrected chi connectivity index (χ0v) is 10.4. The van der Waals surface area contributed by atoms with E-state index in [1.165, 1.54) is 42.4 Å². The third-order valence-electron chi connectivity index (χ3n) is 3.60. The quantitative estimate of drug-likeness (QED) is 0.793. The van der Waals surface area contributed by atoms with E-state index in [1.807, 2.05) is 0 Å². The Kier molecular flexibility index (Phi) is 2.57. The van der Waals surface area contributed by atoms with E-state index < -0.39 is 0 Å². The Balaban J connectivity index is 1.72. The molecule has 1 saturated carbocycles. The van der Waals surface area contributed by atoms with Crippen molar-refractivity contribution in [1.82, 2.24) is 4.90 Å². The lowest BCUT2D eigenvalue weighted by Crippen LogP contribution is -2.22. The fourth-order valence-corrected chi connectivity index (χ4v) is 3.01. The summed E-state index contributed by atoms with van der Waals surface area (Å²) in [6.45, 7) is 2.59. The molecule has 0 radical (unpaired) electrons. The monoisotopic (exact) mass is 265 g/mol. The van der Waals surface area contributed by atoms with Crippen molar-refractivity contribution >= 4 is 15.9 Å². The van der Waals surface area contributed by atoms with E-state index in [4.69, 9.17) is 0 Å². The van der Waals surface area contributed by atoms with Crippen LogP contribution in [0.25, 0.3) is 0 Å². The Hall–Kier alpha value is -0.340. The van der Waals surface area contributed by atoms with Crippen LogP contribution in [0.2, 0.25) is 0 Å². The van der Waals surface area contributed by atoms with Crippen molar-refractivity contribution in [2.24, 2.45) is 0 Å². The summed E-state index contributed by atoms with van der Waals surface area (Å²) in [5.74, 6) is 0.767. The summed E-state index contributed by atoms with van der Waals surface area (Å²) in [4.78, 5) is 2.67. The molecule has 1 unspecified atom stereocenters. The second kappa shape index (κ2) is 3.91. The standard InChI is InChI=1S/C13H16BrN/c14-12-3-1-2-10(8-12)11-6-7-15(9-11)13-4-5-13/h1-3,8,11,13H,4-7,9H2. The molecule has 0 N–H and O–H groups in total. The summed E-state index contributed by atoms with van der Waals surface area (Å²) in [6.07, 6.45) is 4.21. The van der Waals surface area contributed by atoms with Crippen molar-refractivity contribution in [2.75, 3.05) is 13.1 Å². The highest BCUT2D eigenvalue weighted by molar-refractivity contribution is 9.10. The highest BCUT2D eigenvalue weighted by Gasteiger charge is 2.34. The van der Waals surface area contributed by atoms with Crippen LogP contribution in [0.15, 0.2) is 28.7 Å². The summed E-state index contributed by atoms with van der Waals surface area (Å²) in [7, 11) is 0. The molecule has 1 atom stereocenters. The summed E-state index contributed by atoms with van der Waals surface area (Å²) >= 11 is 3.55. The Bertz CT molecular complexity index is 359. The molecule has 0 bridgehead atoms. The number of benzene rings is 1. The predicted octanol–water partition coefficient (Wildman–Crippen LogP) is 3.40. The molecule has 1 nitrogen and oxygen atoms in total. The average Bonchev–Trinajstić information content (AvgIpc) is 2.97. The second-order valence-electron chi connectivity index (χ2n) is 4.77.